The van der Waals surface area contributed by atoms with E-state index in [2.05, 4.69) is 44.5 Å². The molecule has 6 heteroatoms. The quantitative estimate of drug-likeness (QED) is 0.907. The Bertz CT molecular complexity index is 633. The highest BCUT2D eigenvalue weighted by Crippen LogP contribution is 2.15. The van der Waals surface area contributed by atoms with Crippen molar-refractivity contribution in [2.24, 2.45) is 0 Å². The van der Waals surface area contributed by atoms with Crippen LogP contribution in [0.1, 0.15) is 16.2 Å². The Hall–Kier alpha value is -2.34. The maximum Gasteiger partial charge on any atom is 0.289 e. The maximum atomic E-state index is 11.9. The molecule has 1 aliphatic heterocycles. The largest absolute Gasteiger partial charge is 0.369 e. The number of rotatable bonds is 5. The highest BCUT2D eigenvalue weighted by atomic mass is 16.5. The molecule has 1 amide bonds. The molecule has 1 N–H and O–H groups in total. The van der Waals surface area contributed by atoms with Crippen LogP contribution in [-0.2, 0) is 0 Å². The van der Waals surface area contributed by atoms with E-state index in [0.29, 0.717) is 12.2 Å². The van der Waals surface area contributed by atoms with Gasteiger partial charge in [-0.15, -0.1) is 0 Å². The molecule has 1 fully saturated rings. The number of carbonyl (C=O) groups excluding carboxylic acids is 1. The average molecular weight is 314 g/mol. The standard InChI is InChI=1S/C17H22N4O2/c1-14-13-16(23-19-14)17(22)18-7-8-20-9-11-21(12-10-20)15-5-3-2-4-6-15/h2-6,13H,7-12H2,1H3,(H,18,22). The van der Waals surface area contributed by atoms with Crippen LogP contribution in [0.5, 0.6) is 0 Å². The predicted molar refractivity (Wildman–Crippen MR) is 88.7 cm³/mol. The van der Waals surface area contributed by atoms with Gasteiger partial charge in [-0.2, -0.15) is 0 Å². The first kappa shape index (κ1) is 15.6. The van der Waals surface area contributed by atoms with Gasteiger partial charge < -0.3 is 14.7 Å². The molecule has 2 aromatic rings. The van der Waals surface area contributed by atoms with Gasteiger partial charge in [0, 0.05) is 51.0 Å². The molecule has 0 unspecified atom stereocenters. The first-order valence-electron chi connectivity index (χ1n) is 7.96. The monoisotopic (exact) mass is 314 g/mol. The molecule has 1 aromatic heterocycles. The van der Waals surface area contributed by atoms with Crippen LogP contribution in [0.4, 0.5) is 5.69 Å². The summed E-state index contributed by atoms with van der Waals surface area (Å²) in [5, 5.41) is 6.60. The van der Waals surface area contributed by atoms with E-state index < -0.39 is 0 Å². The van der Waals surface area contributed by atoms with Crippen molar-refractivity contribution >= 4 is 11.6 Å². The number of anilines is 1. The summed E-state index contributed by atoms with van der Waals surface area (Å²) < 4.78 is 4.95. The molecule has 2 heterocycles. The fourth-order valence-corrected chi connectivity index (χ4v) is 2.75. The van der Waals surface area contributed by atoms with E-state index in [1.165, 1.54) is 5.69 Å². The van der Waals surface area contributed by atoms with Crippen molar-refractivity contribution in [3.8, 4) is 0 Å². The SMILES string of the molecule is Cc1cc(C(=O)NCCN2CCN(c3ccccc3)CC2)on1. The number of nitrogens with zero attached hydrogens (tertiary/aromatic N) is 3. The van der Waals surface area contributed by atoms with Crippen molar-refractivity contribution in [3.63, 3.8) is 0 Å². The van der Waals surface area contributed by atoms with Crippen LogP contribution in [0.2, 0.25) is 0 Å². The smallest absolute Gasteiger partial charge is 0.289 e. The minimum Gasteiger partial charge on any atom is -0.369 e. The Morgan fingerprint density at radius 2 is 1.96 bits per heavy atom. The van der Waals surface area contributed by atoms with Gasteiger partial charge in [-0.05, 0) is 19.1 Å². The highest BCUT2D eigenvalue weighted by molar-refractivity contribution is 5.91. The van der Waals surface area contributed by atoms with E-state index in [4.69, 9.17) is 4.52 Å². The third-order valence-corrected chi connectivity index (χ3v) is 4.06. The van der Waals surface area contributed by atoms with E-state index in [-0.39, 0.29) is 11.7 Å². The Morgan fingerprint density at radius 1 is 1.22 bits per heavy atom. The number of carbonyl (C=O) groups is 1. The molecule has 0 bridgehead atoms. The molecule has 0 aliphatic carbocycles. The lowest BCUT2D eigenvalue weighted by Crippen LogP contribution is -2.48. The van der Waals surface area contributed by atoms with Crippen molar-refractivity contribution in [1.29, 1.82) is 0 Å². The first-order chi connectivity index (χ1) is 11.2. The van der Waals surface area contributed by atoms with Gasteiger partial charge in [-0.1, -0.05) is 23.4 Å². The summed E-state index contributed by atoms with van der Waals surface area (Å²) in [6.45, 7) is 7.30. The maximum absolute atomic E-state index is 11.9. The third kappa shape index (κ3) is 4.10. The fraction of sp³-hybridized carbons (Fsp3) is 0.412. The van der Waals surface area contributed by atoms with Crippen LogP contribution in [0.15, 0.2) is 40.9 Å². The Balaban J connectivity index is 1.39. The normalized spacial score (nSPS) is 15.6. The molecule has 3 rings (SSSR count). The number of aromatic nitrogens is 1. The molecule has 6 nitrogen and oxygen atoms in total. The first-order valence-corrected chi connectivity index (χ1v) is 7.96. The molecule has 23 heavy (non-hydrogen) atoms. The van der Waals surface area contributed by atoms with Gasteiger partial charge in [0.2, 0.25) is 5.76 Å². The molecule has 1 aromatic carbocycles. The lowest BCUT2D eigenvalue weighted by molar-refractivity contribution is 0.0911. The summed E-state index contributed by atoms with van der Waals surface area (Å²) >= 11 is 0. The molecular formula is C17H22N4O2. The van der Waals surface area contributed by atoms with Crippen LogP contribution in [0.25, 0.3) is 0 Å². The van der Waals surface area contributed by atoms with Crippen molar-refractivity contribution in [1.82, 2.24) is 15.4 Å². The van der Waals surface area contributed by atoms with Crippen molar-refractivity contribution in [3.05, 3.63) is 47.9 Å². The van der Waals surface area contributed by atoms with Gasteiger partial charge >= 0.3 is 0 Å². The van der Waals surface area contributed by atoms with Crippen LogP contribution < -0.4 is 10.2 Å². The number of hydrogen-bond donors (Lipinski definition) is 1. The topological polar surface area (TPSA) is 61.6 Å². The molecular weight excluding hydrogens is 292 g/mol. The van der Waals surface area contributed by atoms with Crippen LogP contribution in [-0.4, -0.2) is 55.2 Å². The van der Waals surface area contributed by atoms with E-state index in [1.807, 2.05) is 6.07 Å². The van der Waals surface area contributed by atoms with Crippen molar-refractivity contribution < 1.29 is 9.32 Å². The molecule has 122 valence electrons. The lowest BCUT2D eigenvalue weighted by Gasteiger charge is -2.36. The summed E-state index contributed by atoms with van der Waals surface area (Å²) in [5.41, 5.74) is 1.99. The zero-order valence-corrected chi connectivity index (χ0v) is 13.4. The second kappa shape index (κ2) is 7.28. The van der Waals surface area contributed by atoms with Crippen LogP contribution in [0.3, 0.4) is 0 Å². The number of amides is 1. The summed E-state index contributed by atoms with van der Waals surface area (Å²) in [6, 6.07) is 12.1. The molecule has 0 atom stereocenters. The van der Waals surface area contributed by atoms with Gasteiger partial charge in [-0.25, -0.2) is 0 Å². The van der Waals surface area contributed by atoms with Gasteiger partial charge in [0.25, 0.3) is 5.91 Å². The number of para-hydroxylation sites is 1. The zero-order chi connectivity index (χ0) is 16.1. The van der Waals surface area contributed by atoms with E-state index in [9.17, 15) is 4.79 Å². The van der Waals surface area contributed by atoms with Crippen LogP contribution in [0, 0.1) is 6.92 Å². The molecule has 1 saturated heterocycles. The Kier molecular flexibility index (Phi) is 4.92. The van der Waals surface area contributed by atoms with Crippen molar-refractivity contribution in [2.75, 3.05) is 44.2 Å². The highest BCUT2D eigenvalue weighted by Gasteiger charge is 2.17. The Morgan fingerprint density at radius 3 is 2.61 bits per heavy atom. The van der Waals surface area contributed by atoms with Gasteiger partial charge in [0.15, 0.2) is 0 Å². The van der Waals surface area contributed by atoms with Crippen LogP contribution >= 0.6 is 0 Å². The number of nitrogens with one attached hydrogen (secondary N) is 1. The zero-order valence-electron chi connectivity index (χ0n) is 13.4. The summed E-state index contributed by atoms with van der Waals surface area (Å²) in [4.78, 5) is 16.6. The lowest BCUT2D eigenvalue weighted by atomic mass is 10.2. The van der Waals surface area contributed by atoms with E-state index in [1.54, 1.807) is 13.0 Å². The van der Waals surface area contributed by atoms with Gasteiger partial charge in [0.1, 0.15) is 0 Å². The summed E-state index contributed by atoms with van der Waals surface area (Å²) in [6.07, 6.45) is 0. The fourth-order valence-electron chi connectivity index (χ4n) is 2.75. The average Bonchev–Trinajstić information content (AvgIpc) is 3.03. The minimum absolute atomic E-state index is 0.200. The minimum atomic E-state index is -0.200. The second-order valence-corrected chi connectivity index (χ2v) is 5.75. The number of hydrogen-bond acceptors (Lipinski definition) is 5. The number of aryl methyl sites for hydroxylation is 1. The predicted octanol–water partition coefficient (Wildman–Crippen LogP) is 1.54. The van der Waals surface area contributed by atoms with E-state index >= 15 is 0 Å². The van der Waals surface area contributed by atoms with E-state index in [0.717, 1.165) is 32.7 Å². The Labute approximate surface area is 136 Å². The third-order valence-electron chi connectivity index (χ3n) is 4.06. The molecule has 0 spiro atoms. The second-order valence-electron chi connectivity index (χ2n) is 5.75. The molecule has 0 saturated carbocycles. The van der Waals surface area contributed by atoms with Crippen molar-refractivity contribution in [2.45, 2.75) is 6.92 Å². The molecule has 0 radical (unpaired) electrons. The number of piperazine rings is 1. The summed E-state index contributed by atoms with van der Waals surface area (Å²) in [5.74, 6) is 0.0740. The summed E-state index contributed by atoms with van der Waals surface area (Å²) in [7, 11) is 0. The number of benzene rings is 1. The van der Waals surface area contributed by atoms with Gasteiger partial charge in [-0.3, -0.25) is 9.69 Å². The molecule has 1 aliphatic rings. The van der Waals surface area contributed by atoms with Gasteiger partial charge in [0.05, 0.1) is 5.69 Å².